The molecule has 1 atom stereocenters. The Morgan fingerprint density at radius 3 is 2.62 bits per heavy atom. The Morgan fingerprint density at radius 2 is 2.00 bits per heavy atom. The number of alkyl halides is 3. The molecule has 0 unspecified atom stereocenters. The molecule has 0 radical (unpaired) electrons. The average Bonchev–Trinajstić information content (AvgIpc) is 2.77. The Balaban J connectivity index is 2.03. The number of carbonyl (C=O) groups is 2. The van der Waals surface area contributed by atoms with Gasteiger partial charge in [0, 0.05) is 6.42 Å². The summed E-state index contributed by atoms with van der Waals surface area (Å²) < 4.78 is 38.6. The van der Waals surface area contributed by atoms with Crippen LogP contribution in [0.15, 0.2) is 34.3 Å². The fourth-order valence-corrected chi connectivity index (χ4v) is 2.81. The van der Waals surface area contributed by atoms with E-state index in [1.165, 1.54) is 12.1 Å². The number of para-hydroxylation sites is 1. The lowest BCUT2D eigenvalue weighted by Gasteiger charge is -2.14. The fourth-order valence-electron chi connectivity index (χ4n) is 1.87. The highest BCUT2D eigenvalue weighted by Gasteiger charge is 2.34. The zero-order valence-electron chi connectivity index (χ0n) is 12.0. The Labute approximate surface area is 138 Å². The van der Waals surface area contributed by atoms with Crippen molar-refractivity contribution in [2.45, 2.75) is 17.8 Å². The van der Waals surface area contributed by atoms with Crippen molar-refractivity contribution in [3.05, 3.63) is 29.8 Å². The van der Waals surface area contributed by atoms with Gasteiger partial charge < -0.3 is 16.8 Å². The number of rotatable bonds is 3. The number of nitrogens with two attached hydrogens (primary N) is 2. The van der Waals surface area contributed by atoms with Crippen molar-refractivity contribution in [2.24, 2.45) is 21.5 Å². The van der Waals surface area contributed by atoms with E-state index in [1.807, 2.05) is 0 Å². The first-order valence-corrected chi connectivity index (χ1v) is 7.39. The number of hydrogen-bond donors (Lipinski definition) is 3. The number of aliphatic imine (C=N–C) groups is 2. The van der Waals surface area contributed by atoms with Gasteiger partial charge in [-0.25, -0.2) is 0 Å². The second kappa shape index (κ2) is 6.91. The van der Waals surface area contributed by atoms with Crippen molar-refractivity contribution in [2.75, 3.05) is 5.32 Å². The predicted molar refractivity (Wildman–Crippen MR) is 84.3 cm³/mol. The molecule has 0 bridgehead atoms. The molecule has 1 aliphatic rings. The number of guanidine groups is 1. The minimum absolute atomic E-state index is 0.00786. The number of nitrogens with one attached hydrogen (secondary N) is 1. The van der Waals surface area contributed by atoms with Crippen LogP contribution in [-0.4, -0.2) is 28.2 Å². The van der Waals surface area contributed by atoms with Crippen LogP contribution in [0.4, 0.5) is 18.9 Å². The minimum atomic E-state index is -4.61. The summed E-state index contributed by atoms with van der Waals surface area (Å²) in [5.74, 6) is -1.67. The van der Waals surface area contributed by atoms with E-state index in [0.29, 0.717) is 0 Å². The minimum Gasteiger partial charge on any atom is -0.370 e. The maximum absolute atomic E-state index is 12.9. The first kappa shape index (κ1) is 17.8. The summed E-state index contributed by atoms with van der Waals surface area (Å²) in [6.07, 6.45) is -4.96. The van der Waals surface area contributed by atoms with Crippen LogP contribution in [0.1, 0.15) is 12.0 Å². The van der Waals surface area contributed by atoms with Crippen molar-refractivity contribution in [3.63, 3.8) is 0 Å². The highest BCUT2D eigenvalue weighted by atomic mass is 32.2. The quantitative estimate of drug-likeness (QED) is 0.555. The third-order valence-electron chi connectivity index (χ3n) is 2.83. The number of hydrogen-bond acceptors (Lipinski definition) is 4. The van der Waals surface area contributed by atoms with Gasteiger partial charge in [0.25, 0.3) is 5.91 Å². The monoisotopic (exact) mass is 359 g/mol. The molecule has 11 heteroatoms. The number of benzene rings is 1. The summed E-state index contributed by atoms with van der Waals surface area (Å²) in [5.41, 5.74) is 8.97. The van der Waals surface area contributed by atoms with E-state index in [1.54, 1.807) is 0 Å². The molecule has 1 aromatic rings. The molecule has 0 saturated heterocycles. The number of anilines is 1. The third-order valence-corrected chi connectivity index (χ3v) is 3.88. The van der Waals surface area contributed by atoms with Gasteiger partial charge in [-0.15, -0.1) is 0 Å². The van der Waals surface area contributed by atoms with E-state index >= 15 is 0 Å². The van der Waals surface area contributed by atoms with E-state index in [9.17, 15) is 22.8 Å². The summed E-state index contributed by atoms with van der Waals surface area (Å²) in [4.78, 5) is 30.8. The number of nitrogens with zero attached hydrogens (tertiary/aromatic N) is 2. The molecule has 0 aliphatic carbocycles. The van der Waals surface area contributed by atoms with Crippen LogP contribution in [0.25, 0.3) is 0 Å². The molecule has 0 spiro atoms. The lowest BCUT2D eigenvalue weighted by molar-refractivity contribution is -0.137. The topological polar surface area (TPSA) is 123 Å². The Kier molecular flexibility index (Phi) is 5.12. The van der Waals surface area contributed by atoms with Crippen LogP contribution in [0, 0.1) is 0 Å². The molecule has 0 saturated carbocycles. The van der Waals surface area contributed by atoms with Gasteiger partial charge in [-0.1, -0.05) is 23.9 Å². The van der Waals surface area contributed by atoms with Crippen molar-refractivity contribution in [3.8, 4) is 0 Å². The Hall–Kier alpha value is -2.56. The highest BCUT2D eigenvalue weighted by molar-refractivity contribution is 8.15. The van der Waals surface area contributed by atoms with Gasteiger partial charge in [0.2, 0.25) is 5.91 Å². The van der Waals surface area contributed by atoms with Gasteiger partial charge in [0.05, 0.1) is 11.3 Å². The predicted octanol–water partition coefficient (Wildman–Crippen LogP) is 1.31. The van der Waals surface area contributed by atoms with Gasteiger partial charge in [-0.2, -0.15) is 23.2 Å². The molecule has 0 aromatic heterocycles. The summed E-state index contributed by atoms with van der Waals surface area (Å²) in [7, 11) is 0. The molecule has 2 rings (SSSR count). The zero-order chi connectivity index (χ0) is 17.9. The summed E-state index contributed by atoms with van der Waals surface area (Å²) >= 11 is 0.866. The van der Waals surface area contributed by atoms with Crippen LogP contribution < -0.4 is 16.8 Å². The van der Waals surface area contributed by atoms with E-state index in [2.05, 4.69) is 15.3 Å². The second-order valence-electron chi connectivity index (χ2n) is 4.67. The van der Waals surface area contributed by atoms with Gasteiger partial charge in [0.15, 0.2) is 11.1 Å². The fraction of sp³-hybridized carbons (Fsp3) is 0.231. The number of thioether (sulfide) groups is 1. The molecule has 2 amide bonds. The zero-order valence-corrected chi connectivity index (χ0v) is 12.8. The van der Waals surface area contributed by atoms with Gasteiger partial charge in [-0.3, -0.25) is 9.59 Å². The molecule has 7 nitrogen and oxygen atoms in total. The maximum atomic E-state index is 12.9. The van der Waals surface area contributed by atoms with Crippen molar-refractivity contribution >= 4 is 40.4 Å². The summed E-state index contributed by atoms with van der Waals surface area (Å²) in [6, 6.07) is 4.56. The average molecular weight is 359 g/mol. The summed E-state index contributed by atoms with van der Waals surface area (Å²) in [5, 5.41) is 1.28. The first-order chi connectivity index (χ1) is 11.2. The third kappa shape index (κ3) is 4.47. The molecular weight excluding hydrogens is 347 g/mol. The SMILES string of the molecule is NC(N)=NC1=NC(=O)[C@H](CC(=O)Nc2ccccc2C(F)(F)F)S1. The molecule has 0 fully saturated rings. The van der Waals surface area contributed by atoms with Crippen LogP contribution in [0.5, 0.6) is 0 Å². The highest BCUT2D eigenvalue weighted by Crippen LogP contribution is 2.35. The van der Waals surface area contributed by atoms with Gasteiger partial charge in [0.1, 0.15) is 5.25 Å². The second-order valence-corrected chi connectivity index (χ2v) is 5.84. The number of amides is 2. The number of halogens is 3. The Bertz CT molecular complexity index is 729. The van der Waals surface area contributed by atoms with Crippen LogP contribution >= 0.6 is 11.8 Å². The van der Waals surface area contributed by atoms with Crippen LogP contribution in [0.2, 0.25) is 0 Å². The van der Waals surface area contributed by atoms with Crippen molar-refractivity contribution in [1.82, 2.24) is 0 Å². The van der Waals surface area contributed by atoms with Crippen LogP contribution in [0.3, 0.4) is 0 Å². The molecule has 1 heterocycles. The molecule has 5 N–H and O–H groups in total. The van der Waals surface area contributed by atoms with Crippen molar-refractivity contribution in [1.29, 1.82) is 0 Å². The number of carbonyl (C=O) groups excluding carboxylic acids is 2. The Morgan fingerprint density at radius 1 is 1.33 bits per heavy atom. The van der Waals surface area contributed by atoms with E-state index in [-0.39, 0.29) is 23.2 Å². The molecule has 1 aliphatic heterocycles. The van der Waals surface area contributed by atoms with Gasteiger partial charge >= 0.3 is 6.18 Å². The normalized spacial score (nSPS) is 17.4. The van der Waals surface area contributed by atoms with Gasteiger partial charge in [-0.05, 0) is 12.1 Å². The standard InChI is InChI=1S/C13H12F3N5O2S/c14-13(15,16)6-3-1-2-4-7(6)19-9(22)5-8-10(23)20-12(24-8)21-11(17)18/h1-4,8H,5H2,(H,19,22)(H4,17,18,20,21,23)/t8-/m0/s1. The molecule has 24 heavy (non-hydrogen) atoms. The largest absolute Gasteiger partial charge is 0.418 e. The maximum Gasteiger partial charge on any atom is 0.418 e. The molecule has 1 aromatic carbocycles. The lowest BCUT2D eigenvalue weighted by Crippen LogP contribution is -2.24. The number of amidine groups is 1. The molecular formula is C13H12F3N5O2S. The first-order valence-electron chi connectivity index (χ1n) is 6.51. The van der Waals surface area contributed by atoms with E-state index < -0.39 is 28.8 Å². The van der Waals surface area contributed by atoms with Crippen LogP contribution in [-0.2, 0) is 15.8 Å². The molecule has 128 valence electrons. The van der Waals surface area contributed by atoms with Crippen molar-refractivity contribution < 1.29 is 22.8 Å². The smallest absolute Gasteiger partial charge is 0.370 e. The lowest BCUT2D eigenvalue weighted by atomic mass is 10.1. The van der Waals surface area contributed by atoms with E-state index in [4.69, 9.17) is 11.5 Å². The van der Waals surface area contributed by atoms with E-state index in [0.717, 1.165) is 23.9 Å². The summed E-state index contributed by atoms with van der Waals surface area (Å²) in [6.45, 7) is 0.